The molecule has 0 radical (unpaired) electrons. The molecule has 0 atom stereocenters. The van der Waals surface area contributed by atoms with Crippen LogP contribution in [-0.2, 0) is 60.8 Å². The van der Waals surface area contributed by atoms with Gasteiger partial charge in [0.2, 0.25) is 0 Å². The van der Waals surface area contributed by atoms with E-state index in [0.717, 1.165) is 73.6 Å². The van der Waals surface area contributed by atoms with Crippen LogP contribution in [0.3, 0.4) is 0 Å². The highest BCUT2D eigenvalue weighted by atomic mass is 16.6. The fourth-order valence-electron chi connectivity index (χ4n) is 10.3. The lowest BCUT2D eigenvalue weighted by Crippen LogP contribution is -2.29. The molecule has 10 heteroatoms. The van der Waals surface area contributed by atoms with E-state index in [9.17, 15) is 9.59 Å². The van der Waals surface area contributed by atoms with Gasteiger partial charge in [-0.05, 0) is 243 Å². The van der Waals surface area contributed by atoms with Crippen LogP contribution in [0.2, 0.25) is 0 Å². The van der Waals surface area contributed by atoms with Crippen LogP contribution in [0, 0.1) is 13.8 Å². The first-order valence-electron chi connectivity index (χ1n) is 27.1. The van der Waals surface area contributed by atoms with Crippen LogP contribution in [0.4, 0.5) is 43.7 Å². The molecule has 0 aliphatic heterocycles. The second-order valence-electron chi connectivity index (χ2n) is 23.0. The summed E-state index contributed by atoms with van der Waals surface area (Å²) >= 11 is 0. The Morgan fingerprint density at radius 3 is 1.05 bits per heavy atom. The first kappa shape index (κ1) is 54.3. The molecular weight excluding hydrogens is 965 g/mol. The highest BCUT2D eigenvalue weighted by Gasteiger charge is 2.22. The fourth-order valence-corrected chi connectivity index (χ4v) is 10.3. The van der Waals surface area contributed by atoms with E-state index >= 15 is 0 Å². The van der Waals surface area contributed by atoms with Crippen LogP contribution >= 0.6 is 0 Å². The Hall–Kier alpha value is -8.50. The van der Waals surface area contributed by atoms with Crippen molar-refractivity contribution in [1.29, 1.82) is 0 Å². The van der Waals surface area contributed by atoms with Crippen LogP contribution in [0.1, 0.15) is 97.2 Å². The van der Waals surface area contributed by atoms with Gasteiger partial charge in [0, 0.05) is 0 Å². The number of nitrogen functional groups attached to an aromatic ring is 4. The Bertz CT molecular complexity index is 3460. The molecule has 0 aromatic heterocycles. The van der Waals surface area contributed by atoms with E-state index in [2.05, 4.69) is 128 Å². The summed E-state index contributed by atoms with van der Waals surface area (Å²) in [6.45, 7) is 15.2. The molecule has 8 aliphatic carbocycles. The molecule has 10 nitrogen and oxygen atoms in total. The molecule has 0 saturated carbocycles. The number of nitrogens with two attached hydrogens (primary N) is 4. The molecule has 8 aromatic carbocycles. The van der Waals surface area contributed by atoms with Gasteiger partial charge in [-0.3, -0.25) is 10.6 Å². The number of ether oxygens (including phenoxy) is 2. The van der Waals surface area contributed by atoms with Crippen LogP contribution < -0.4 is 33.6 Å². The highest BCUT2D eigenvalue weighted by molar-refractivity contribution is 5.97. The van der Waals surface area contributed by atoms with E-state index in [4.69, 9.17) is 32.4 Å². The Morgan fingerprint density at radius 1 is 0.359 bits per heavy atom. The molecule has 2 amide bonds. The van der Waals surface area contributed by atoms with Gasteiger partial charge in [0.1, 0.15) is 11.2 Å². The van der Waals surface area contributed by atoms with E-state index in [1.807, 2.05) is 77.9 Å². The number of hydrogen-bond acceptors (Lipinski definition) is 8. The second-order valence-corrected chi connectivity index (χ2v) is 23.0. The van der Waals surface area contributed by atoms with Gasteiger partial charge < -0.3 is 32.4 Å². The molecular formula is C68H74N6O4. The quantitative estimate of drug-likeness (QED) is 0.0890. The Morgan fingerprint density at radius 2 is 0.692 bits per heavy atom. The normalized spacial score (nSPS) is 13.0. The number of rotatable bonds is 6. The van der Waals surface area contributed by atoms with E-state index in [1.54, 1.807) is 6.07 Å². The number of carbonyl (C=O) groups excluding carboxylic acids is 2. The van der Waals surface area contributed by atoms with Gasteiger partial charge in [0.25, 0.3) is 0 Å². The standard InChI is InChI=1S/C40H46N2O4.C28H28N4/c1-25-9-14-31(21-26(25)2)33-22-27-10-15-29(33)16-11-28-13-18-30(17-12-27)34(23-28)32-19-20-35(41-37(43)45-39(3,4)5)36(24-32)42-38(44)46-40(6,7)8;29-25-11-9-21(15-27(25)31)23-13-17-1-5-19(23)8-4-18-2-6-20(7-3-17)24(14-18)22-10-12-26(30)28(32)16-22/h9-10,13-15,18-24H,11-12,16-17H2,1-8H3,(H,41,43)(H,42,44);1-2,5-6,9-16H,3-4,7-8,29-32H2. The summed E-state index contributed by atoms with van der Waals surface area (Å²) < 4.78 is 11.0. The number of aryl methyl sites for hydroxylation is 10. The zero-order valence-electron chi connectivity index (χ0n) is 46.5. The minimum absolute atomic E-state index is 0.425. The van der Waals surface area contributed by atoms with E-state index in [1.165, 1.54) is 77.9 Å². The summed E-state index contributed by atoms with van der Waals surface area (Å²) in [6.07, 6.45) is 6.16. The maximum absolute atomic E-state index is 12.9. The van der Waals surface area contributed by atoms with Gasteiger partial charge in [-0.2, -0.15) is 0 Å². The smallest absolute Gasteiger partial charge is 0.412 e. The minimum atomic E-state index is -0.678. The van der Waals surface area contributed by atoms with Crippen molar-refractivity contribution >= 4 is 46.3 Å². The predicted molar refractivity (Wildman–Crippen MR) is 324 cm³/mol. The molecule has 10 N–H and O–H groups in total. The summed E-state index contributed by atoms with van der Waals surface area (Å²) in [6, 6.07) is 51.7. The van der Waals surface area contributed by atoms with Gasteiger partial charge >= 0.3 is 12.2 Å². The molecule has 0 unspecified atom stereocenters. The van der Waals surface area contributed by atoms with Gasteiger partial charge in [0.05, 0.1) is 34.1 Å². The van der Waals surface area contributed by atoms with Crippen molar-refractivity contribution in [3.05, 3.63) is 201 Å². The van der Waals surface area contributed by atoms with Crippen molar-refractivity contribution in [3.63, 3.8) is 0 Å². The lowest BCUT2D eigenvalue weighted by atomic mass is 9.87. The van der Waals surface area contributed by atoms with Crippen molar-refractivity contribution in [2.45, 2.75) is 118 Å². The number of amides is 2. The average molecular weight is 1040 g/mol. The third-order valence-electron chi connectivity index (χ3n) is 14.6. The lowest BCUT2D eigenvalue weighted by molar-refractivity contribution is 0.0621. The highest BCUT2D eigenvalue weighted by Crippen LogP contribution is 2.37. The van der Waals surface area contributed by atoms with Gasteiger partial charge in [-0.1, -0.05) is 109 Å². The zero-order valence-corrected chi connectivity index (χ0v) is 46.5. The Kier molecular flexibility index (Phi) is 15.7. The lowest BCUT2D eigenvalue weighted by Gasteiger charge is -2.23. The van der Waals surface area contributed by atoms with E-state index < -0.39 is 23.4 Å². The molecule has 8 aliphatic rings. The fraction of sp³-hybridized carbons (Fsp3) is 0.265. The molecule has 400 valence electrons. The van der Waals surface area contributed by atoms with Crippen LogP contribution in [0.15, 0.2) is 146 Å². The van der Waals surface area contributed by atoms with Crippen molar-refractivity contribution in [3.8, 4) is 44.5 Å². The van der Waals surface area contributed by atoms with Crippen molar-refractivity contribution < 1.29 is 19.1 Å². The van der Waals surface area contributed by atoms with Crippen LogP contribution in [0.5, 0.6) is 0 Å². The SMILES string of the molecule is Cc1ccc(-c2cc3ccc2CCc2ccc(c(-c4ccc(NC(=O)OC(C)(C)C)c(NC(=O)OC(C)(C)C)c4)c2)CC3)cc1C.Nc1ccc(-c2cc3ccc2CCc2ccc(c(-c4ccc(N)c(N)c4)c2)CC3)cc1N. The van der Waals surface area contributed by atoms with Gasteiger partial charge in [0.15, 0.2) is 0 Å². The Balaban J connectivity index is 0.000000202. The number of carbonyl (C=O) groups is 2. The van der Waals surface area contributed by atoms with E-state index in [0.29, 0.717) is 34.1 Å². The maximum Gasteiger partial charge on any atom is 0.412 e. The maximum atomic E-state index is 12.9. The molecule has 0 heterocycles. The first-order valence-corrected chi connectivity index (χ1v) is 27.1. The number of hydrogen-bond donors (Lipinski definition) is 6. The van der Waals surface area contributed by atoms with Crippen molar-refractivity contribution in [1.82, 2.24) is 0 Å². The largest absolute Gasteiger partial charge is 0.444 e. The molecule has 0 fully saturated rings. The number of benzene rings is 8. The molecule has 8 aromatic rings. The topological polar surface area (TPSA) is 181 Å². The summed E-state index contributed by atoms with van der Waals surface area (Å²) in [4.78, 5) is 25.6. The second kappa shape index (κ2) is 22.6. The zero-order chi connectivity index (χ0) is 55.5. The van der Waals surface area contributed by atoms with Crippen molar-refractivity contribution in [2.75, 3.05) is 33.6 Å². The van der Waals surface area contributed by atoms with Crippen LogP contribution in [0.25, 0.3) is 44.5 Å². The van der Waals surface area contributed by atoms with Gasteiger partial charge in [-0.15, -0.1) is 0 Å². The summed E-state index contributed by atoms with van der Waals surface area (Å²) in [5, 5.41) is 5.66. The third kappa shape index (κ3) is 13.4. The predicted octanol–water partition coefficient (Wildman–Crippen LogP) is 15.4. The average Bonchev–Trinajstić information content (AvgIpc) is 3.40. The Labute approximate surface area is 460 Å². The molecule has 8 bridgehead atoms. The summed E-state index contributed by atoms with van der Waals surface area (Å²) in [5.41, 5.74) is 48.5. The number of nitrogens with one attached hydrogen (secondary N) is 2. The van der Waals surface area contributed by atoms with Crippen LogP contribution in [-0.4, -0.2) is 23.4 Å². The molecule has 0 spiro atoms. The first-order chi connectivity index (χ1) is 37.1. The third-order valence-corrected chi connectivity index (χ3v) is 14.6. The molecule has 16 rings (SSSR count). The number of anilines is 6. The minimum Gasteiger partial charge on any atom is -0.444 e. The summed E-state index contributed by atoms with van der Waals surface area (Å²) in [5.74, 6) is 0. The molecule has 78 heavy (non-hydrogen) atoms. The van der Waals surface area contributed by atoms with E-state index in [-0.39, 0.29) is 0 Å². The van der Waals surface area contributed by atoms with Crippen molar-refractivity contribution in [2.24, 2.45) is 0 Å². The van der Waals surface area contributed by atoms with Gasteiger partial charge in [-0.25, -0.2) is 9.59 Å². The molecule has 0 saturated heterocycles. The summed E-state index contributed by atoms with van der Waals surface area (Å²) in [7, 11) is 0. The monoisotopic (exact) mass is 1040 g/mol.